The van der Waals surface area contributed by atoms with Gasteiger partial charge in [0, 0.05) is 6.42 Å². The van der Waals surface area contributed by atoms with Crippen LogP contribution in [0.15, 0.2) is 17.1 Å². The van der Waals surface area contributed by atoms with Crippen molar-refractivity contribution in [1.29, 1.82) is 0 Å². The van der Waals surface area contributed by atoms with Crippen LogP contribution in [0.1, 0.15) is 57.6 Å². The third-order valence-electron chi connectivity index (χ3n) is 3.88. The highest BCUT2D eigenvalue weighted by Gasteiger charge is 2.33. The summed E-state index contributed by atoms with van der Waals surface area (Å²) in [6.45, 7) is 6.58. The van der Waals surface area contributed by atoms with E-state index in [2.05, 4.69) is 11.9 Å². The Bertz CT molecular complexity index is 550. The molecule has 0 fully saturated rings. The molecule has 0 aliphatic carbocycles. The molecule has 0 spiro atoms. The lowest BCUT2D eigenvalue weighted by molar-refractivity contribution is 0.110. The number of aromatic hydroxyl groups is 1. The smallest absolute Gasteiger partial charge is 0.133 e. The van der Waals surface area contributed by atoms with Crippen molar-refractivity contribution in [3.8, 4) is 11.5 Å². The molecule has 1 heterocycles. The molecule has 122 valence electrons. The van der Waals surface area contributed by atoms with Gasteiger partial charge in [-0.15, -0.1) is 0 Å². The zero-order valence-corrected chi connectivity index (χ0v) is 13.9. The Hall–Kier alpha value is -1.55. The van der Waals surface area contributed by atoms with Gasteiger partial charge in [0.25, 0.3) is 0 Å². The molecule has 0 bridgehead atoms. The van der Waals surface area contributed by atoms with Crippen LogP contribution in [0.5, 0.6) is 11.5 Å². The van der Waals surface area contributed by atoms with Gasteiger partial charge >= 0.3 is 0 Å². The molecule has 0 saturated heterocycles. The minimum atomic E-state index is -0.351. The summed E-state index contributed by atoms with van der Waals surface area (Å²) in [5.74, 6) is 0.940. The first-order valence-corrected chi connectivity index (χ1v) is 8.16. The van der Waals surface area contributed by atoms with Crippen molar-refractivity contribution in [2.75, 3.05) is 13.2 Å². The molecule has 0 radical (unpaired) electrons. The summed E-state index contributed by atoms with van der Waals surface area (Å²) in [5, 5.41) is 19.4. The number of benzene rings is 1. The molecule has 1 aromatic carbocycles. The number of aliphatic hydroxyl groups excluding tert-OH is 1. The summed E-state index contributed by atoms with van der Waals surface area (Å²) in [4.78, 5) is 4.43. The lowest BCUT2D eigenvalue weighted by Crippen LogP contribution is -2.36. The summed E-state index contributed by atoms with van der Waals surface area (Å²) < 4.78 is 6.05. The first-order valence-electron chi connectivity index (χ1n) is 8.16. The van der Waals surface area contributed by atoms with Crippen LogP contribution < -0.4 is 4.74 Å². The van der Waals surface area contributed by atoms with Crippen LogP contribution in [0.2, 0.25) is 0 Å². The van der Waals surface area contributed by atoms with Crippen LogP contribution in [0.4, 0.5) is 0 Å². The van der Waals surface area contributed by atoms with Gasteiger partial charge in [-0.25, -0.2) is 0 Å². The predicted molar refractivity (Wildman–Crippen MR) is 89.1 cm³/mol. The number of nitrogens with zero attached hydrogens (tertiary/aromatic N) is 1. The molecule has 4 nitrogen and oxygen atoms in total. The van der Waals surface area contributed by atoms with Gasteiger partial charge in [-0.2, -0.15) is 0 Å². The number of phenolic OH excluding ortho intramolecular Hbond substituents is 1. The number of aliphatic imine (C=N–C) groups is 1. The van der Waals surface area contributed by atoms with Gasteiger partial charge in [-0.3, -0.25) is 4.99 Å². The maximum atomic E-state index is 10.4. The van der Waals surface area contributed by atoms with E-state index >= 15 is 0 Å². The minimum Gasteiger partial charge on any atom is -0.507 e. The highest BCUT2D eigenvalue weighted by molar-refractivity contribution is 6.06. The molecule has 0 amide bonds. The quantitative estimate of drug-likeness (QED) is 0.791. The summed E-state index contributed by atoms with van der Waals surface area (Å²) in [6, 6.07) is 3.85. The van der Waals surface area contributed by atoms with Crippen LogP contribution in [0.3, 0.4) is 0 Å². The van der Waals surface area contributed by atoms with E-state index in [-0.39, 0.29) is 18.0 Å². The zero-order chi connectivity index (χ0) is 16.2. The van der Waals surface area contributed by atoms with Crippen LogP contribution in [-0.2, 0) is 6.42 Å². The zero-order valence-electron chi connectivity index (χ0n) is 13.9. The maximum absolute atomic E-state index is 10.4. The molecule has 0 unspecified atom stereocenters. The Balaban J connectivity index is 2.35. The van der Waals surface area contributed by atoms with Crippen molar-refractivity contribution in [1.82, 2.24) is 0 Å². The van der Waals surface area contributed by atoms with Crippen molar-refractivity contribution in [3.05, 3.63) is 23.3 Å². The van der Waals surface area contributed by atoms with Crippen LogP contribution >= 0.6 is 0 Å². The third kappa shape index (κ3) is 4.01. The fourth-order valence-electron chi connectivity index (χ4n) is 2.90. The predicted octanol–water partition coefficient (Wildman–Crippen LogP) is 3.47. The molecule has 1 aliphatic rings. The van der Waals surface area contributed by atoms with Crippen LogP contribution in [0, 0.1) is 0 Å². The number of rotatable bonds is 6. The van der Waals surface area contributed by atoms with Gasteiger partial charge in [0.2, 0.25) is 0 Å². The van der Waals surface area contributed by atoms with E-state index in [1.54, 1.807) is 0 Å². The molecule has 1 aromatic rings. The van der Waals surface area contributed by atoms with Gasteiger partial charge in [0.05, 0.1) is 24.4 Å². The number of hydrogen-bond acceptors (Lipinski definition) is 4. The summed E-state index contributed by atoms with van der Waals surface area (Å²) in [7, 11) is 0. The number of aryl methyl sites for hydroxylation is 1. The Labute approximate surface area is 132 Å². The van der Waals surface area contributed by atoms with Gasteiger partial charge in [0.15, 0.2) is 0 Å². The van der Waals surface area contributed by atoms with Crippen LogP contribution in [-0.4, -0.2) is 34.7 Å². The van der Waals surface area contributed by atoms with Crippen molar-refractivity contribution in [2.24, 2.45) is 4.99 Å². The number of fused-ring (bicyclic) bond motifs is 1. The normalized spacial score (nSPS) is 18.1. The Morgan fingerprint density at radius 1 is 1.27 bits per heavy atom. The second-order valence-corrected chi connectivity index (χ2v) is 6.54. The monoisotopic (exact) mass is 305 g/mol. The topological polar surface area (TPSA) is 62.0 Å². The SMILES string of the molecule is CCCCCc1cc(O)c2c(c1)OC(C)(C)CC2=NCCO. The number of phenols is 1. The second kappa shape index (κ2) is 7.14. The molecular formula is C18H27NO3. The number of hydrogen-bond donors (Lipinski definition) is 2. The highest BCUT2D eigenvalue weighted by Crippen LogP contribution is 2.39. The van der Waals surface area contributed by atoms with Crippen molar-refractivity contribution in [3.63, 3.8) is 0 Å². The molecule has 0 atom stereocenters. The molecular weight excluding hydrogens is 278 g/mol. The van der Waals surface area contributed by atoms with Crippen molar-refractivity contribution in [2.45, 2.75) is 58.5 Å². The van der Waals surface area contributed by atoms with Gasteiger partial charge in [-0.1, -0.05) is 19.8 Å². The third-order valence-corrected chi connectivity index (χ3v) is 3.88. The number of unbranched alkanes of at least 4 members (excludes halogenated alkanes) is 2. The molecule has 22 heavy (non-hydrogen) atoms. The van der Waals surface area contributed by atoms with Gasteiger partial charge in [0.1, 0.15) is 17.1 Å². The van der Waals surface area contributed by atoms with E-state index in [0.717, 1.165) is 24.1 Å². The highest BCUT2D eigenvalue weighted by atomic mass is 16.5. The van der Waals surface area contributed by atoms with Gasteiger partial charge < -0.3 is 14.9 Å². The van der Waals surface area contributed by atoms with Crippen molar-refractivity contribution >= 4 is 5.71 Å². The Morgan fingerprint density at radius 3 is 2.73 bits per heavy atom. The van der Waals surface area contributed by atoms with E-state index in [1.165, 1.54) is 12.8 Å². The summed E-state index contributed by atoms with van der Waals surface area (Å²) in [5.41, 5.74) is 2.25. The average Bonchev–Trinajstić information content (AvgIpc) is 2.43. The van der Waals surface area contributed by atoms with Crippen molar-refractivity contribution < 1.29 is 14.9 Å². The van der Waals surface area contributed by atoms with E-state index in [1.807, 2.05) is 26.0 Å². The fraction of sp³-hybridized carbons (Fsp3) is 0.611. The molecule has 2 rings (SSSR count). The molecule has 0 saturated carbocycles. The molecule has 2 N–H and O–H groups in total. The van der Waals surface area contributed by atoms with Crippen LogP contribution in [0.25, 0.3) is 0 Å². The summed E-state index contributed by atoms with van der Waals surface area (Å²) >= 11 is 0. The van der Waals surface area contributed by atoms with E-state index in [4.69, 9.17) is 9.84 Å². The first kappa shape index (κ1) is 16.8. The first-order chi connectivity index (χ1) is 10.5. The number of aliphatic hydroxyl groups is 1. The van der Waals surface area contributed by atoms with E-state index in [9.17, 15) is 5.11 Å². The lowest BCUT2D eigenvalue weighted by atomic mass is 9.90. The van der Waals surface area contributed by atoms with E-state index in [0.29, 0.717) is 24.3 Å². The summed E-state index contributed by atoms with van der Waals surface area (Å²) in [6.07, 6.45) is 5.06. The Morgan fingerprint density at radius 2 is 2.05 bits per heavy atom. The maximum Gasteiger partial charge on any atom is 0.133 e. The number of ether oxygens (including phenoxy) is 1. The fourth-order valence-corrected chi connectivity index (χ4v) is 2.90. The lowest BCUT2D eigenvalue weighted by Gasteiger charge is -2.34. The molecule has 4 heteroatoms. The average molecular weight is 305 g/mol. The Kier molecular flexibility index (Phi) is 5.46. The standard InChI is InChI=1S/C18H27NO3/c1-4-5-6-7-13-10-15(21)17-14(19-8-9-20)12-18(2,3)22-16(17)11-13/h10-11,20-21H,4-9,12H2,1-3H3. The minimum absolute atomic E-state index is 0.00990. The molecule has 1 aliphatic heterocycles. The molecule has 0 aromatic heterocycles. The second-order valence-electron chi connectivity index (χ2n) is 6.54. The van der Waals surface area contributed by atoms with Gasteiger partial charge in [-0.05, 0) is 44.4 Å². The van der Waals surface area contributed by atoms with E-state index < -0.39 is 0 Å². The largest absolute Gasteiger partial charge is 0.507 e.